The van der Waals surface area contributed by atoms with E-state index in [1.807, 2.05) is 23.9 Å². The van der Waals surface area contributed by atoms with Crippen molar-refractivity contribution in [2.45, 2.75) is 20.5 Å². The first-order valence-electron chi connectivity index (χ1n) is 6.05. The average molecular weight is 290 g/mol. The van der Waals surface area contributed by atoms with Crippen LogP contribution in [-0.2, 0) is 9.53 Å². The molecular formula is C14H10O3S2. The lowest BCUT2D eigenvalue weighted by atomic mass is 9.96. The monoisotopic (exact) mass is 290 g/mol. The molecule has 3 nitrogen and oxygen atoms in total. The Labute approximate surface area is 118 Å². The van der Waals surface area contributed by atoms with Gasteiger partial charge in [0.05, 0.1) is 5.56 Å². The van der Waals surface area contributed by atoms with Crippen molar-refractivity contribution in [2.75, 3.05) is 0 Å². The van der Waals surface area contributed by atoms with E-state index < -0.39 is 16.7 Å². The van der Waals surface area contributed by atoms with Gasteiger partial charge in [-0.25, -0.2) is 9.59 Å². The SMILES string of the molecule is O=C(OC(=O)C12C=CC3SC3C1S2)c1ccccc1. The van der Waals surface area contributed by atoms with Gasteiger partial charge in [0.25, 0.3) is 0 Å². The quantitative estimate of drug-likeness (QED) is 0.362. The van der Waals surface area contributed by atoms with Crippen LogP contribution in [0.4, 0.5) is 0 Å². The van der Waals surface area contributed by atoms with Gasteiger partial charge < -0.3 is 4.74 Å². The number of benzene rings is 1. The van der Waals surface area contributed by atoms with E-state index >= 15 is 0 Å². The maximum atomic E-state index is 12.2. The molecule has 3 aliphatic rings. The molecule has 4 unspecified atom stereocenters. The van der Waals surface area contributed by atoms with E-state index in [0.29, 0.717) is 21.3 Å². The van der Waals surface area contributed by atoms with Crippen LogP contribution in [0, 0.1) is 0 Å². The summed E-state index contributed by atoms with van der Waals surface area (Å²) in [5.41, 5.74) is 0.410. The van der Waals surface area contributed by atoms with E-state index in [1.54, 1.807) is 36.0 Å². The third kappa shape index (κ3) is 1.75. The van der Waals surface area contributed by atoms with Gasteiger partial charge in [0.1, 0.15) is 4.75 Å². The first kappa shape index (κ1) is 11.6. The standard InChI is InChI=1S/C14H10O3S2/c15-12(8-4-2-1-3-5-8)17-13(16)14-7-6-9-10(18-9)11(14)19-14/h1-7,9-11H. The number of hydrogen-bond donors (Lipinski definition) is 0. The molecule has 4 atom stereocenters. The van der Waals surface area contributed by atoms with Crippen molar-refractivity contribution in [1.29, 1.82) is 0 Å². The van der Waals surface area contributed by atoms with E-state index in [1.165, 1.54) is 0 Å². The minimum absolute atomic E-state index is 0.295. The Morgan fingerprint density at radius 3 is 2.79 bits per heavy atom. The van der Waals surface area contributed by atoms with Gasteiger partial charge in [-0.2, -0.15) is 0 Å². The summed E-state index contributed by atoms with van der Waals surface area (Å²) in [6.45, 7) is 0. The Morgan fingerprint density at radius 1 is 1.21 bits per heavy atom. The maximum Gasteiger partial charge on any atom is 0.345 e. The molecule has 1 aromatic rings. The van der Waals surface area contributed by atoms with Crippen LogP contribution in [-0.4, -0.2) is 32.4 Å². The van der Waals surface area contributed by atoms with Crippen molar-refractivity contribution < 1.29 is 14.3 Å². The highest BCUT2D eigenvalue weighted by molar-refractivity contribution is 8.14. The number of esters is 2. The predicted octanol–water partition coefficient (Wildman–Crippen LogP) is 2.28. The zero-order valence-corrected chi connectivity index (χ0v) is 11.4. The first-order chi connectivity index (χ1) is 9.21. The Morgan fingerprint density at radius 2 is 2.00 bits per heavy atom. The molecule has 1 aromatic carbocycles. The summed E-state index contributed by atoms with van der Waals surface area (Å²) >= 11 is 3.49. The Kier molecular flexibility index (Phi) is 2.38. The molecule has 0 saturated carbocycles. The zero-order chi connectivity index (χ0) is 13.0. The minimum Gasteiger partial charge on any atom is -0.388 e. The van der Waals surface area contributed by atoms with Gasteiger partial charge in [-0.3, -0.25) is 0 Å². The number of carbonyl (C=O) groups excluding carboxylic acids is 2. The molecule has 2 heterocycles. The van der Waals surface area contributed by atoms with Crippen molar-refractivity contribution >= 4 is 35.5 Å². The molecule has 2 fully saturated rings. The van der Waals surface area contributed by atoms with Crippen LogP contribution in [0.5, 0.6) is 0 Å². The molecule has 0 radical (unpaired) electrons. The lowest BCUT2D eigenvalue weighted by Gasteiger charge is -2.11. The number of fused-ring (bicyclic) bond motifs is 3. The summed E-state index contributed by atoms with van der Waals surface area (Å²) in [7, 11) is 0. The van der Waals surface area contributed by atoms with Crippen LogP contribution in [0.2, 0.25) is 0 Å². The van der Waals surface area contributed by atoms with Gasteiger partial charge in [0, 0.05) is 15.7 Å². The number of ether oxygens (including phenoxy) is 1. The fraction of sp³-hybridized carbons (Fsp3) is 0.286. The number of hydrogen-bond acceptors (Lipinski definition) is 5. The second-order valence-electron chi connectivity index (χ2n) is 4.80. The van der Waals surface area contributed by atoms with Crippen LogP contribution in [0.1, 0.15) is 10.4 Å². The number of thioether (sulfide) groups is 2. The van der Waals surface area contributed by atoms with Gasteiger partial charge in [-0.05, 0) is 12.1 Å². The molecule has 0 N–H and O–H groups in total. The Balaban J connectivity index is 1.50. The summed E-state index contributed by atoms with van der Waals surface area (Å²) in [6.07, 6.45) is 3.99. The van der Waals surface area contributed by atoms with Crippen molar-refractivity contribution in [1.82, 2.24) is 0 Å². The first-order valence-corrected chi connectivity index (χ1v) is 7.87. The van der Waals surface area contributed by atoms with Crippen molar-refractivity contribution in [2.24, 2.45) is 0 Å². The van der Waals surface area contributed by atoms with Gasteiger partial charge in [-0.15, -0.1) is 23.5 Å². The molecule has 96 valence electrons. The molecule has 2 aliphatic heterocycles. The van der Waals surface area contributed by atoms with Crippen LogP contribution >= 0.6 is 23.5 Å². The predicted molar refractivity (Wildman–Crippen MR) is 75.3 cm³/mol. The smallest absolute Gasteiger partial charge is 0.345 e. The van der Waals surface area contributed by atoms with Gasteiger partial charge >= 0.3 is 11.9 Å². The highest BCUT2D eigenvalue weighted by atomic mass is 32.2. The number of carbonyl (C=O) groups is 2. The molecule has 4 rings (SSSR count). The summed E-state index contributed by atoms with van der Waals surface area (Å²) < 4.78 is 4.44. The molecule has 5 heteroatoms. The molecule has 0 spiro atoms. The van der Waals surface area contributed by atoms with Crippen LogP contribution in [0.25, 0.3) is 0 Å². The average Bonchev–Trinajstić information content (AvgIpc) is 3.30. The molecule has 19 heavy (non-hydrogen) atoms. The van der Waals surface area contributed by atoms with Crippen LogP contribution < -0.4 is 0 Å². The third-order valence-corrected chi connectivity index (χ3v) is 6.71. The fourth-order valence-electron chi connectivity index (χ4n) is 2.42. The summed E-state index contributed by atoms with van der Waals surface area (Å²) in [4.78, 5) is 24.1. The topological polar surface area (TPSA) is 43.4 Å². The van der Waals surface area contributed by atoms with Crippen molar-refractivity contribution in [3.8, 4) is 0 Å². The highest BCUT2D eigenvalue weighted by Gasteiger charge is 2.71. The van der Waals surface area contributed by atoms with E-state index in [4.69, 9.17) is 4.74 Å². The van der Waals surface area contributed by atoms with Crippen LogP contribution in [0.3, 0.4) is 0 Å². The van der Waals surface area contributed by atoms with Gasteiger partial charge in [0.15, 0.2) is 0 Å². The minimum atomic E-state index is -0.588. The van der Waals surface area contributed by atoms with E-state index in [2.05, 4.69) is 6.08 Å². The lowest BCUT2D eigenvalue weighted by Crippen LogP contribution is -2.32. The fourth-order valence-corrected chi connectivity index (χ4v) is 5.29. The molecule has 0 aromatic heterocycles. The van der Waals surface area contributed by atoms with Crippen LogP contribution in [0.15, 0.2) is 42.5 Å². The van der Waals surface area contributed by atoms with Crippen molar-refractivity contribution in [3.05, 3.63) is 48.0 Å². The lowest BCUT2D eigenvalue weighted by molar-refractivity contribution is -0.138. The maximum absolute atomic E-state index is 12.2. The summed E-state index contributed by atoms with van der Waals surface area (Å²) in [6, 6.07) is 8.61. The molecule has 0 amide bonds. The Hall–Kier alpha value is -1.20. The largest absolute Gasteiger partial charge is 0.388 e. The van der Waals surface area contributed by atoms with E-state index in [9.17, 15) is 9.59 Å². The van der Waals surface area contributed by atoms with Gasteiger partial charge in [-0.1, -0.05) is 30.4 Å². The molecule has 2 saturated heterocycles. The molecule has 0 bridgehead atoms. The second kappa shape index (κ2) is 3.90. The van der Waals surface area contributed by atoms with E-state index in [-0.39, 0.29) is 0 Å². The Bertz CT molecular complexity index is 598. The highest BCUT2D eigenvalue weighted by Crippen LogP contribution is 2.69. The number of rotatable bonds is 2. The second-order valence-corrected chi connectivity index (χ2v) is 7.58. The van der Waals surface area contributed by atoms with Gasteiger partial charge in [0.2, 0.25) is 0 Å². The van der Waals surface area contributed by atoms with Crippen molar-refractivity contribution in [3.63, 3.8) is 0 Å². The summed E-state index contributed by atoms with van der Waals surface area (Å²) in [5, 5.41) is 1.41. The molecular weight excluding hydrogens is 280 g/mol. The normalized spacial score (nSPS) is 36.9. The summed E-state index contributed by atoms with van der Waals surface area (Å²) in [5.74, 6) is -0.983. The molecule has 1 aliphatic carbocycles. The van der Waals surface area contributed by atoms with E-state index in [0.717, 1.165) is 0 Å². The third-order valence-electron chi connectivity index (χ3n) is 3.59. The zero-order valence-electron chi connectivity index (χ0n) is 9.81.